The van der Waals surface area contributed by atoms with Gasteiger partial charge in [-0.2, -0.15) is 0 Å². The van der Waals surface area contributed by atoms with Crippen molar-refractivity contribution in [3.05, 3.63) is 34.9 Å². The van der Waals surface area contributed by atoms with Crippen molar-refractivity contribution in [3.8, 4) is 0 Å². The van der Waals surface area contributed by atoms with Crippen molar-refractivity contribution >= 4 is 23.6 Å². The van der Waals surface area contributed by atoms with Gasteiger partial charge in [-0.05, 0) is 17.7 Å². The molecule has 0 radical (unpaired) electrons. The zero-order valence-electron chi connectivity index (χ0n) is 7.77. The number of anilines is 2. The summed E-state index contributed by atoms with van der Waals surface area (Å²) in [5.41, 5.74) is 6.30. The van der Waals surface area contributed by atoms with Crippen LogP contribution in [0.25, 0.3) is 0 Å². The van der Waals surface area contributed by atoms with E-state index in [4.69, 9.17) is 21.8 Å². The Balaban J connectivity index is 1.99. The normalized spacial score (nSPS) is 10.2. The summed E-state index contributed by atoms with van der Waals surface area (Å²) >= 11 is 5.83. The number of nitrogens with one attached hydrogen (secondary N) is 1. The Morgan fingerprint density at radius 2 is 2.27 bits per heavy atom. The topological polar surface area (TPSA) is 77.0 Å². The van der Waals surface area contributed by atoms with Gasteiger partial charge in [-0.1, -0.05) is 33.9 Å². The molecule has 0 saturated carbocycles. The first-order chi connectivity index (χ1) is 7.24. The van der Waals surface area contributed by atoms with Crippen LogP contribution >= 0.6 is 11.6 Å². The first-order valence-electron chi connectivity index (χ1n) is 4.31. The summed E-state index contributed by atoms with van der Waals surface area (Å²) in [6.07, 6.45) is 0. The van der Waals surface area contributed by atoms with Crippen molar-refractivity contribution in [1.29, 1.82) is 0 Å². The van der Waals surface area contributed by atoms with Crippen molar-refractivity contribution < 1.29 is 4.42 Å². The number of hydrogen-bond donors (Lipinski definition) is 2. The monoisotopic (exact) mass is 224 g/mol. The molecule has 0 spiro atoms. The fraction of sp³-hybridized carbons (Fsp3) is 0.111. The third kappa shape index (κ3) is 2.60. The summed E-state index contributed by atoms with van der Waals surface area (Å²) in [6, 6.07) is 7.83. The molecule has 2 aromatic rings. The van der Waals surface area contributed by atoms with E-state index < -0.39 is 0 Å². The van der Waals surface area contributed by atoms with E-state index in [0.29, 0.717) is 17.6 Å². The van der Waals surface area contributed by atoms with Gasteiger partial charge in [0.1, 0.15) is 0 Å². The van der Waals surface area contributed by atoms with Gasteiger partial charge < -0.3 is 15.5 Å². The molecule has 0 saturated heterocycles. The Kier molecular flexibility index (Phi) is 2.73. The summed E-state index contributed by atoms with van der Waals surface area (Å²) in [5, 5.41) is 10.8. The average molecular weight is 225 g/mol. The molecular weight excluding hydrogens is 216 g/mol. The van der Waals surface area contributed by atoms with E-state index in [9.17, 15) is 0 Å². The molecule has 0 bridgehead atoms. The third-order valence-electron chi connectivity index (χ3n) is 1.77. The molecule has 3 N–H and O–H groups in total. The second-order valence-corrected chi connectivity index (χ2v) is 3.37. The molecule has 0 unspecified atom stereocenters. The van der Waals surface area contributed by atoms with Crippen molar-refractivity contribution in [1.82, 2.24) is 10.2 Å². The van der Waals surface area contributed by atoms with E-state index in [1.165, 1.54) is 0 Å². The van der Waals surface area contributed by atoms with Gasteiger partial charge in [-0.15, -0.1) is 0 Å². The maximum absolute atomic E-state index is 5.83. The van der Waals surface area contributed by atoms with Crippen LogP contribution in [0.15, 0.2) is 28.7 Å². The second kappa shape index (κ2) is 4.18. The fourth-order valence-electron chi connectivity index (χ4n) is 1.13. The predicted octanol–water partition coefficient (Wildman–Crippen LogP) is 1.92. The number of hydrogen-bond acceptors (Lipinski definition) is 5. The number of aromatic nitrogens is 2. The van der Waals surface area contributed by atoms with E-state index in [1.807, 2.05) is 24.3 Å². The minimum Gasteiger partial charge on any atom is -0.390 e. The van der Waals surface area contributed by atoms with E-state index in [1.54, 1.807) is 0 Å². The Morgan fingerprint density at radius 1 is 1.40 bits per heavy atom. The number of benzene rings is 1. The highest BCUT2D eigenvalue weighted by molar-refractivity contribution is 6.30. The molecule has 1 aromatic heterocycles. The van der Waals surface area contributed by atoms with Crippen molar-refractivity contribution in [2.45, 2.75) is 6.54 Å². The molecule has 5 nitrogen and oxygen atoms in total. The maximum Gasteiger partial charge on any atom is 0.317 e. The Morgan fingerprint density at radius 3 is 2.93 bits per heavy atom. The molecule has 15 heavy (non-hydrogen) atoms. The van der Waals surface area contributed by atoms with Crippen molar-refractivity contribution in [2.75, 3.05) is 11.1 Å². The summed E-state index contributed by atoms with van der Waals surface area (Å²) in [6.45, 7) is 0.558. The van der Waals surface area contributed by atoms with Gasteiger partial charge in [0.05, 0.1) is 0 Å². The lowest BCUT2D eigenvalue weighted by Crippen LogP contribution is -1.99. The van der Waals surface area contributed by atoms with Crippen LogP contribution in [-0.2, 0) is 6.54 Å². The van der Waals surface area contributed by atoms with E-state index in [2.05, 4.69) is 15.5 Å². The number of rotatable bonds is 3. The van der Waals surface area contributed by atoms with Gasteiger partial charge in [-0.25, -0.2) is 0 Å². The number of nitrogen functional groups attached to an aromatic ring is 1. The van der Waals surface area contributed by atoms with Crippen LogP contribution < -0.4 is 11.1 Å². The Bertz CT molecular complexity index is 457. The summed E-state index contributed by atoms with van der Waals surface area (Å²) in [7, 11) is 0. The highest BCUT2D eigenvalue weighted by Crippen LogP contribution is 2.12. The van der Waals surface area contributed by atoms with Crippen LogP contribution in [0.5, 0.6) is 0 Å². The molecule has 0 amide bonds. The largest absolute Gasteiger partial charge is 0.390 e. The number of nitrogens with two attached hydrogens (primary N) is 1. The molecule has 0 aliphatic heterocycles. The predicted molar refractivity (Wildman–Crippen MR) is 57.5 cm³/mol. The Hall–Kier alpha value is -1.75. The lowest BCUT2D eigenvalue weighted by atomic mass is 10.2. The molecule has 0 atom stereocenters. The molecule has 1 heterocycles. The summed E-state index contributed by atoms with van der Waals surface area (Å²) < 4.78 is 4.95. The lowest BCUT2D eigenvalue weighted by molar-refractivity contribution is 0.586. The van der Waals surface area contributed by atoms with E-state index >= 15 is 0 Å². The van der Waals surface area contributed by atoms with E-state index in [0.717, 1.165) is 5.56 Å². The minimum atomic E-state index is 0.0450. The van der Waals surface area contributed by atoms with Gasteiger partial charge >= 0.3 is 12.0 Å². The zero-order chi connectivity index (χ0) is 10.7. The first kappa shape index (κ1) is 9.79. The second-order valence-electron chi connectivity index (χ2n) is 2.93. The molecule has 0 aliphatic rings. The minimum absolute atomic E-state index is 0.0450. The van der Waals surface area contributed by atoms with Gasteiger partial charge in [0, 0.05) is 11.6 Å². The van der Waals surface area contributed by atoms with Gasteiger partial charge in [0.15, 0.2) is 0 Å². The molecule has 6 heteroatoms. The van der Waals surface area contributed by atoms with E-state index in [-0.39, 0.29) is 6.01 Å². The van der Waals surface area contributed by atoms with Gasteiger partial charge in [0.25, 0.3) is 0 Å². The zero-order valence-corrected chi connectivity index (χ0v) is 8.53. The molecule has 2 rings (SSSR count). The summed E-state index contributed by atoms with van der Waals surface area (Å²) in [4.78, 5) is 0. The molecular formula is C9H9ClN4O. The van der Waals surface area contributed by atoms with Crippen LogP contribution in [0.4, 0.5) is 12.0 Å². The molecule has 78 valence electrons. The number of nitrogens with zero attached hydrogens (tertiary/aromatic N) is 2. The summed E-state index contributed by atoms with van der Waals surface area (Å²) in [5.74, 6) is 0. The molecule has 0 fully saturated rings. The highest BCUT2D eigenvalue weighted by Gasteiger charge is 2.01. The third-order valence-corrected chi connectivity index (χ3v) is 2.01. The van der Waals surface area contributed by atoms with Crippen LogP contribution in [0, 0.1) is 0 Å². The highest BCUT2D eigenvalue weighted by atomic mass is 35.5. The van der Waals surface area contributed by atoms with Crippen LogP contribution in [0.1, 0.15) is 5.56 Å². The van der Waals surface area contributed by atoms with Crippen LogP contribution in [-0.4, -0.2) is 10.2 Å². The smallest absolute Gasteiger partial charge is 0.317 e. The van der Waals surface area contributed by atoms with Gasteiger partial charge in [-0.3, -0.25) is 0 Å². The lowest BCUT2D eigenvalue weighted by Gasteiger charge is -2.01. The first-order valence-corrected chi connectivity index (χ1v) is 4.69. The van der Waals surface area contributed by atoms with Crippen LogP contribution in [0.3, 0.4) is 0 Å². The Labute approximate surface area is 91.2 Å². The molecule has 0 aliphatic carbocycles. The fourth-order valence-corrected chi connectivity index (χ4v) is 1.34. The molecule has 1 aromatic carbocycles. The van der Waals surface area contributed by atoms with Gasteiger partial charge in [0.2, 0.25) is 0 Å². The maximum atomic E-state index is 5.83. The van der Waals surface area contributed by atoms with Crippen molar-refractivity contribution in [2.24, 2.45) is 0 Å². The SMILES string of the molecule is Nc1nnc(NCc2cccc(Cl)c2)o1. The van der Waals surface area contributed by atoms with Crippen molar-refractivity contribution in [3.63, 3.8) is 0 Å². The quantitative estimate of drug-likeness (QED) is 0.833. The average Bonchev–Trinajstić information content (AvgIpc) is 2.62. The van der Waals surface area contributed by atoms with Crippen LogP contribution in [0.2, 0.25) is 5.02 Å². The number of halogens is 1. The standard InChI is InChI=1S/C9H9ClN4O/c10-7-3-1-2-6(4-7)5-12-9-14-13-8(11)15-9/h1-4H,5H2,(H2,11,13)(H,12,14).